The first-order valence-electron chi connectivity index (χ1n) is 7.28. The minimum atomic E-state index is -0.436. The molecule has 0 saturated carbocycles. The lowest BCUT2D eigenvalue weighted by Crippen LogP contribution is -2.41. The molecule has 0 bridgehead atoms. The molecule has 1 aromatic heterocycles. The molecule has 1 unspecified atom stereocenters. The molecule has 1 atom stereocenters. The fourth-order valence-corrected chi connectivity index (χ4v) is 2.54. The molecule has 1 aliphatic heterocycles. The van der Waals surface area contributed by atoms with Crippen LogP contribution < -0.4 is 5.32 Å². The minimum absolute atomic E-state index is 0.224. The van der Waals surface area contributed by atoms with Crippen molar-refractivity contribution in [3.8, 4) is 0 Å². The second-order valence-electron chi connectivity index (χ2n) is 5.11. The van der Waals surface area contributed by atoms with Crippen molar-refractivity contribution in [1.82, 2.24) is 15.1 Å². The Hall–Kier alpha value is -2.63. The van der Waals surface area contributed by atoms with Crippen LogP contribution in [-0.4, -0.2) is 28.2 Å². The normalized spacial score (nSPS) is 18.9. The van der Waals surface area contributed by atoms with E-state index in [1.807, 2.05) is 37.4 Å². The summed E-state index contributed by atoms with van der Waals surface area (Å²) in [6, 6.07) is 5.34. The summed E-state index contributed by atoms with van der Waals surface area (Å²) in [4.78, 5) is 23.2. The molecule has 6 nitrogen and oxygen atoms in total. The predicted molar refractivity (Wildman–Crippen MR) is 81.8 cm³/mol. The highest BCUT2D eigenvalue weighted by molar-refractivity contribution is 5.99. The van der Waals surface area contributed by atoms with Crippen molar-refractivity contribution in [2.75, 3.05) is 6.61 Å². The number of rotatable bonds is 4. The number of amides is 2. The smallest absolute Gasteiger partial charge is 0.251 e. The first kappa shape index (κ1) is 14.3. The SMILES string of the molecule is CCO/C=C/c1cccc2nn(C3CCC(=O)NC3=O)cc12. The van der Waals surface area contributed by atoms with E-state index in [1.165, 1.54) is 0 Å². The predicted octanol–water partition coefficient (Wildman–Crippen LogP) is 2.02. The molecule has 22 heavy (non-hydrogen) atoms. The van der Waals surface area contributed by atoms with Crippen LogP contribution in [0, 0.1) is 0 Å². The summed E-state index contributed by atoms with van der Waals surface area (Å²) in [6.45, 7) is 2.54. The second-order valence-corrected chi connectivity index (χ2v) is 5.11. The number of aromatic nitrogens is 2. The lowest BCUT2D eigenvalue weighted by Gasteiger charge is -2.20. The van der Waals surface area contributed by atoms with Crippen LogP contribution in [-0.2, 0) is 14.3 Å². The first-order chi connectivity index (χ1) is 10.7. The summed E-state index contributed by atoms with van der Waals surface area (Å²) in [5.41, 5.74) is 1.79. The van der Waals surface area contributed by atoms with Gasteiger partial charge < -0.3 is 4.74 Å². The quantitative estimate of drug-likeness (QED) is 0.692. The van der Waals surface area contributed by atoms with E-state index in [1.54, 1.807) is 10.9 Å². The van der Waals surface area contributed by atoms with Gasteiger partial charge in [0.25, 0.3) is 5.91 Å². The minimum Gasteiger partial charge on any atom is -0.501 e. The zero-order chi connectivity index (χ0) is 15.5. The fraction of sp³-hybridized carbons (Fsp3) is 0.312. The lowest BCUT2D eigenvalue weighted by atomic mass is 10.1. The summed E-state index contributed by atoms with van der Waals surface area (Å²) in [7, 11) is 0. The topological polar surface area (TPSA) is 73.2 Å². The van der Waals surface area contributed by atoms with E-state index in [0.717, 1.165) is 16.5 Å². The van der Waals surface area contributed by atoms with Gasteiger partial charge >= 0.3 is 0 Å². The molecule has 2 heterocycles. The molecule has 1 saturated heterocycles. The summed E-state index contributed by atoms with van der Waals surface area (Å²) < 4.78 is 6.87. The molecule has 6 heteroatoms. The zero-order valence-corrected chi connectivity index (χ0v) is 12.3. The van der Waals surface area contributed by atoms with Crippen LogP contribution in [0.15, 0.2) is 30.7 Å². The summed E-state index contributed by atoms with van der Waals surface area (Å²) in [6.07, 6.45) is 6.19. The highest BCUT2D eigenvalue weighted by Gasteiger charge is 2.28. The summed E-state index contributed by atoms with van der Waals surface area (Å²) in [5, 5.41) is 7.77. The van der Waals surface area contributed by atoms with Crippen LogP contribution in [0.1, 0.15) is 31.4 Å². The number of hydrogen-bond donors (Lipinski definition) is 1. The maximum atomic E-state index is 12.0. The molecule has 1 aromatic carbocycles. The molecule has 3 rings (SSSR count). The largest absolute Gasteiger partial charge is 0.501 e. The number of imide groups is 1. The van der Waals surface area contributed by atoms with E-state index in [2.05, 4.69) is 10.4 Å². The number of ether oxygens (including phenoxy) is 1. The first-order valence-corrected chi connectivity index (χ1v) is 7.28. The Morgan fingerprint density at radius 1 is 1.45 bits per heavy atom. The Kier molecular flexibility index (Phi) is 3.91. The maximum Gasteiger partial charge on any atom is 0.251 e. The third kappa shape index (κ3) is 2.72. The average Bonchev–Trinajstić information content (AvgIpc) is 2.92. The van der Waals surface area contributed by atoms with Crippen LogP contribution in [0.25, 0.3) is 17.0 Å². The van der Waals surface area contributed by atoms with E-state index in [4.69, 9.17) is 4.74 Å². The highest BCUT2D eigenvalue weighted by Crippen LogP contribution is 2.24. The summed E-state index contributed by atoms with van der Waals surface area (Å²) >= 11 is 0. The molecular formula is C16H17N3O3. The number of nitrogens with one attached hydrogen (secondary N) is 1. The number of fused-ring (bicyclic) bond motifs is 1. The van der Waals surface area contributed by atoms with Gasteiger partial charge in [0.15, 0.2) is 0 Å². The summed E-state index contributed by atoms with van der Waals surface area (Å²) in [5.74, 6) is -0.520. The van der Waals surface area contributed by atoms with E-state index in [-0.39, 0.29) is 11.8 Å². The van der Waals surface area contributed by atoms with Crippen molar-refractivity contribution < 1.29 is 14.3 Å². The number of hydrogen-bond acceptors (Lipinski definition) is 4. The molecule has 0 spiro atoms. The van der Waals surface area contributed by atoms with Gasteiger partial charge in [0, 0.05) is 18.0 Å². The number of piperidine rings is 1. The number of nitrogens with zero attached hydrogens (tertiary/aromatic N) is 2. The van der Waals surface area contributed by atoms with E-state index in [0.29, 0.717) is 19.4 Å². The van der Waals surface area contributed by atoms with Gasteiger partial charge in [-0.05, 0) is 31.1 Å². The molecule has 0 radical (unpaired) electrons. The van der Waals surface area contributed by atoms with Crippen molar-refractivity contribution in [2.24, 2.45) is 0 Å². The maximum absolute atomic E-state index is 12.0. The zero-order valence-electron chi connectivity index (χ0n) is 12.3. The van der Waals surface area contributed by atoms with Crippen molar-refractivity contribution in [3.63, 3.8) is 0 Å². The van der Waals surface area contributed by atoms with Crippen LogP contribution in [0.4, 0.5) is 0 Å². The van der Waals surface area contributed by atoms with Gasteiger partial charge in [0.05, 0.1) is 18.4 Å². The Labute approximate surface area is 127 Å². The van der Waals surface area contributed by atoms with Gasteiger partial charge in [-0.2, -0.15) is 5.10 Å². The van der Waals surface area contributed by atoms with Crippen molar-refractivity contribution in [3.05, 3.63) is 36.2 Å². The van der Waals surface area contributed by atoms with Gasteiger partial charge in [-0.15, -0.1) is 0 Å². The molecule has 2 amide bonds. The third-order valence-electron chi connectivity index (χ3n) is 3.64. The average molecular weight is 299 g/mol. The van der Waals surface area contributed by atoms with Crippen LogP contribution in [0.3, 0.4) is 0 Å². The van der Waals surface area contributed by atoms with E-state index in [9.17, 15) is 9.59 Å². The number of carbonyl (C=O) groups excluding carboxylic acids is 2. The number of carbonyl (C=O) groups is 2. The van der Waals surface area contributed by atoms with E-state index >= 15 is 0 Å². The molecular weight excluding hydrogens is 282 g/mol. The van der Waals surface area contributed by atoms with Gasteiger partial charge in [-0.25, -0.2) is 0 Å². The Morgan fingerprint density at radius 3 is 3.09 bits per heavy atom. The Morgan fingerprint density at radius 2 is 2.32 bits per heavy atom. The number of benzene rings is 1. The third-order valence-corrected chi connectivity index (χ3v) is 3.64. The second kappa shape index (κ2) is 6.01. The molecule has 114 valence electrons. The highest BCUT2D eigenvalue weighted by atomic mass is 16.5. The standard InChI is InChI=1S/C16H17N3O3/c1-2-22-9-8-11-4-3-5-13-12(11)10-19(18-13)14-6-7-15(20)17-16(14)21/h3-5,8-10,14H,2,6-7H2,1H3,(H,17,20,21)/b9-8+. The Balaban J connectivity index is 1.94. The molecule has 2 aromatic rings. The fourth-order valence-electron chi connectivity index (χ4n) is 2.54. The van der Waals surface area contributed by atoms with Gasteiger partial charge in [-0.3, -0.25) is 19.6 Å². The lowest BCUT2D eigenvalue weighted by molar-refractivity contribution is -0.135. The van der Waals surface area contributed by atoms with Crippen LogP contribution in [0.5, 0.6) is 0 Å². The van der Waals surface area contributed by atoms with Gasteiger partial charge in [0.1, 0.15) is 6.04 Å². The Bertz CT molecular complexity index is 748. The van der Waals surface area contributed by atoms with Crippen molar-refractivity contribution in [2.45, 2.75) is 25.8 Å². The monoisotopic (exact) mass is 299 g/mol. The van der Waals surface area contributed by atoms with E-state index < -0.39 is 6.04 Å². The van der Waals surface area contributed by atoms with Crippen molar-refractivity contribution in [1.29, 1.82) is 0 Å². The molecule has 0 aliphatic carbocycles. The van der Waals surface area contributed by atoms with Gasteiger partial charge in [0.2, 0.25) is 5.91 Å². The van der Waals surface area contributed by atoms with Crippen molar-refractivity contribution >= 4 is 28.8 Å². The van der Waals surface area contributed by atoms with Crippen LogP contribution >= 0.6 is 0 Å². The molecule has 1 fully saturated rings. The van der Waals surface area contributed by atoms with Gasteiger partial charge in [-0.1, -0.05) is 12.1 Å². The molecule has 1 N–H and O–H groups in total. The van der Waals surface area contributed by atoms with Crippen LogP contribution in [0.2, 0.25) is 0 Å². The molecule has 1 aliphatic rings.